The largest absolute Gasteiger partial charge is 0.317 e. The Labute approximate surface area is 99.5 Å². The van der Waals surface area contributed by atoms with E-state index in [0.717, 1.165) is 12.3 Å². The molecule has 0 fully saturated rings. The quantitative estimate of drug-likeness (QED) is 0.764. The summed E-state index contributed by atoms with van der Waals surface area (Å²) in [6.45, 7) is 4.58. The van der Waals surface area contributed by atoms with Crippen molar-refractivity contribution in [1.29, 1.82) is 0 Å². The maximum Gasteiger partial charge on any atom is 0.0404 e. The molecular formula is C14H24N2. The van der Waals surface area contributed by atoms with Crippen molar-refractivity contribution >= 4 is 0 Å². The third kappa shape index (κ3) is 4.75. The lowest BCUT2D eigenvalue weighted by molar-refractivity contribution is 0.394. The highest BCUT2D eigenvalue weighted by atomic mass is 14.9. The molecule has 1 rings (SSSR count). The molecule has 0 aliphatic carbocycles. The molecule has 2 unspecified atom stereocenters. The Morgan fingerprint density at radius 1 is 1.38 bits per heavy atom. The van der Waals surface area contributed by atoms with Crippen LogP contribution in [-0.4, -0.2) is 18.1 Å². The first-order valence-corrected chi connectivity index (χ1v) is 6.33. The van der Waals surface area contributed by atoms with Gasteiger partial charge in [0.1, 0.15) is 0 Å². The first-order valence-electron chi connectivity index (χ1n) is 6.33. The molecule has 1 aromatic rings. The van der Waals surface area contributed by atoms with Crippen LogP contribution in [0.5, 0.6) is 0 Å². The SMILES string of the molecule is CCC(C)CC(CCc1ccccn1)NC. The lowest BCUT2D eigenvalue weighted by atomic mass is 9.96. The van der Waals surface area contributed by atoms with Gasteiger partial charge in [0.15, 0.2) is 0 Å². The van der Waals surface area contributed by atoms with Gasteiger partial charge >= 0.3 is 0 Å². The smallest absolute Gasteiger partial charge is 0.0404 e. The predicted octanol–water partition coefficient (Wildman–Crippen LogP) is 3.04. The van der Waals surface area contributed by atoms with Gasteiger partial charge in [0.2, 0.25) is 0 Å². The van der Waals surface area contributed by atoms with Gasteiger partial charge in [0, 0.05) is 17.9 Å². The van der Waals surface area contributed by atoms with Crippen LogP contribution in [0.3, 0.4) is 0 Å². The Hall–Kier alpha value is -0.890. The van der Waals surface area contributed by atoms with Crippen molar-refractivity contribution in [3.05, 3.63) is 30.1 Å². The summed E-state index contributed by atoms with van der Waals surface area (Å²) < 4.78 is 0. The minimum absolute atomic E-state index is 0.622. The van der Waals surface area contributed by atoms with E-state index in [1.165, 1.54) is 25.0 Å². The highest BCUT2D eigenvalue weighted by Gasteiger charge is 2.10. The van der Waals surface area contributed by atoms with Crippen molar-refractivity contribution in [3.63, 3.8) is 0 Å². The zero-order valence-corrected chi connectivity index (χ0v) is 10.7. The van der Waals surface area contributed by atoms with E-state index in [1.54, 1.807) is 0 Å². The van der Waals surface area contributed by atoms with Gasteiger partial charge in [-0.15, -0.1) is 0 Å². The molecule has 0 aliphatic heterocycles. The van der Waals surface area contributed by atoms with Gasteiger partial charge < -0.3 is 5.32 Å². The lowest BCUT2D eigenvalue weighted by Crippen LogP contribution is -2.27. The minimum Gasteiger partial charge on any atom is -0.317 e. The first-order chi connectivity index (χ1) is 7.76. The van der Waals surface area contributed by atoms with Crippen LogP contribution in [0.15, 0.2) is 24.4 Å². The van der Waals surface area contributed by atoms with Gasteiger partial charge in [0.05, 0.1) is 0 Å². The topological polar surface area (TPSA) is 24.9 Å². The molecule has 2 nitrogen and oxygen atoms in total. The Kier molecular flexibility index (Phi) is 6.09. The fraction of sp³-hybridized carbons (Fsp3) is 0.643. The van der Waals surface area contributed by atoms with Crippen LogP contribution in [0.25, 0.3) is 0 Å². The van der Waals surface area contributed by atoms with Crippen LogP contribution in [0.2, 0.25) is 0 Å². The lowest BCUT2D eigenvalue weighted by Gasteiger charge is -2.19. The van der Waals surface area contributed by atoms with E-state index < -0.39 is 0 Å². The molecule has 0 aromatic carbocycles. The number of hydrogen-bond donors (Lipinski definition) is 1. The van der Waals surface area contributed by atoms with E-state index in [4.69, 9.17) is 0 Å². The Morgan fingerprint density at radius 2 is 2.19 bits per heavy atom. The summed E-state index contributed by atoms with van der Waals surface area (Å²) >= 11 is 0. The monoisotopic (exact) mass is 220 g/mol. The Bertz CT molecular complexity index is 271. The van der Waals surface area contributed by atoms with E-state index in [2.05, 4.69) is 43.3 Å². The summed E-state index contributed by atoms with van der Waals surface area (Å²) in [7, 11) is 2.06. The summed E-state index contributed by atoms with van der Waals surface area (Å²) in [6.07, 6.45) is 6.65. The molecule has 2 heteroatoms. The predicted molar refractivity (Wildman–Crippen MR) is 69.5 cm³/mol. The van der Waals surface area contributed by atoms with E-state index in [-0.39, 0.29) is 0 Å². The number of nitrogens with one attached hydrogen (secondary N) is 1. The molecule has 1 N–H and O–H groups in total. The zero-order valence-electron chi connectivity index (χ0n) is 10.7. The summed E-state index contributed by atoms with van der Waals surface area (Å²) in [5.41, 5.74) is 1.20. The molecule has 0 amide bonds. The van der Waals surface area contributed by atoms with E-state index in [0.29, 0.717) is 6.04 Å². The van der Waals surface area contributed by atoms with Crippen molar-refractivity contribution in [2.24, 2.45) is 5.92 Å². The molecule has 0 aliphatic rings. The van der Waals surface area contributed by atoms with Gasteiger partial charge in [-0.05, 0) is 44.4 Å². The molecule has 0 radical (unpaired) electrons. The fourth-order valence-corrected chi connectivity index (χ4v) is 1.90. The molecule has 0 spiro atoms. The maximum atomic E-state index is 4.36. The van der Waals surface area contributed by atoms with Gasteiger partial charge in [-0.1, -0.05) is 26.3 Å². The van der Waals surface area contributed by atoms with Crippen molar-refractivity contribution < 1.29 is 0 Å². The Balaban J connectivity index is 2.34. The highest BCUT2D eigenvalue weighted by molar-refractivity contribution is 5.03. The molecule has 0 bridgehead atoms. The first kappa shape index (κ1) is 13.2. The summed E-state index contributed by atoms with van der Waals surface area (Å²) in [6, 6.07) is 6.76. The summed E-state index contributed by atoms with van der Waals surface area (Å²) in [4.78, 5) is 4.36. The third-order valence-electron chi connectivity index (χ3n) is 3.27. The van der Waals surface area contributed by atoms with Crippen molar-refractivity contribution in [3.8, 4) is 0 Å². The minimum atomic E-state index is 0.622. The van der Waals surface area contributed by atoms with Crippen molar-refractivity contribution in [1.82, 2.24) is 10.3 Å². The maximum absolute atomic E-state index is 4.36. The average Bonchev–Trinajstić information content (AvgIpc) is 2.35. The van der Waals surface area contributed by atoms with E-state index in [1.807, 2.05) is 12.3 Å². The highest BCUT2D eigenvalue weighted by Crippen LogP contribution is 2.13. The zero-order chi connectivity index (χ0) is 11.8. The van der Waals surface area contributed by atoms with Crippen LogP contribution < -0.4 is 5.32 Å². The molecule has 0 saturated heterocycles. The third-order valence-corrected chi connectivity index (χ3v) is 3.27. The van der Waals surface area contributed by atoms with Crippen LogP contribution >= 0.6 is 0 Å². The number of hydrogen-bond acceptors (Lipinski definition) is 2. The van der Waals surface area contributed by atoms with Crippen LogP contribution in [-0.2, 0) is 6.42 Å². The van der Waals surface area contributed by atoms with Crippen molar-refractivity contribution in [2.45, 2.75) is 45.6 Å². The fourth-order valence-electron chi connectivity index (χ4n) is 1.90. The van der Waals surface area contributed by atoms with Gasteiger partial charge in [-0.25, -0.2) is 0 Å². The van der Waals surface area contributed by atoms with Crippen molar-refractivity contribution in [2.75, 3.05) is 7.05 Å². The second-order valence-electron chi connectivity index (χ2n) is 4.59. The number of aryl methyl sites for hydroxylation is 1. The summed E-state index contributed by atoms with van der Waals surface area (Å²) in [5, 5.41) is 3.41. The van der Waals surface area contributed by atoms with Gasteiger partial charge in [-0.3, -0.25) is 4.98 Å². The van der Waals surface area contributed by atoms with Crippen LogP contribution in [0.4, 0.5) is 0 Å². The van der Waals surface area contributed by atoms with Gasteiger partial charge in [0.25, 0.3) is 0 Å². The molecule has 1 aromatic heterocycles. The number of nitrogens with zero attached hydrogens (tertiary/aromatic N) is 1. The number of pyridine rings is 1. The molecule has 90 valence electrons. The van der Waals surface area contributed by atoms with Crippen LogP contribution in [0.1, 0.15) is 38.8 Å². The second kappa shape index (κ2) is 7.39. The molecule has 1 heterocycles. The van der Waals surface area contributed by atoms with Crippen LogP contribution in [0, 0.1) is 5.92 Å². The van der Waals surface area contributed by atoms with Gasteiger partial charge in [-0.2, -0.15) is 0 Å². The average molecular weight is 220 g/mol. The standard InChI is InChI=1S/C14H24N2/c1-4-12(2)11-14(15-3)9-8-13-7-5-6-10-16-13/h5-7,10,12,14-15H,4,8-9,11H2,1-3H3. The molecule has 2 atom stereocenters. The molecule has 0 saturated carbocycles. The second-order valence-corrected chi connectivity index (χ2v) is 4.59. The molecule has 16 heavy (non-hydrogen) atoms. The molecular weight excluding hydrogens is 196 g/mol. The number of rotatable bonds is 7. The van der Waals surface area contributed by atoms with E-state index in [9.17, 15) is 0 Å². The Morgan fingerprint density at radius 3 is 2.75 bits per heavy atom. The number of aromatic nitrogens is 1. The van der Waals surface area contributed by atoms with E-state index >= 15 is 0 Å². The normalized spacial score (nSPS) is 14.7. The summed E-state index contributed by atoms with van der Waals surface area (Å²) in [5.74, 6) is 0.807.